The van der Waals surface area contributed by atoms with Crippen molar-refractivity contribution in [2.45, 2.75) is 25.9 Å². The van der Waals surface area contributed by atoms with Crippen molar-refractivity contribution in [1.29, 1.82) is 0 Å². The molecule has 0 radical (unpaired) electrons. The minimum Gasteiger partial charge on any atom is -0.393 e. The van der Waals surface area contributed by atoms with Crippen LogP contribution in [0.5, 0.6) is 0 Å². The molecule has 0 spiro atoms. The van der Waals surface area contributed by atoms with E-state index >= 15 is 0 Å². The van der Waals surface area contributed by atoms with E-state index in [4.69, 9.17) is 5.11 Å². The van der Waals surface area contributed by atoms with E-state index in [-0.39, 0.29) is 12.8 Å². The quantitative estimate of drug-likeness (QED) is 0.634. The maximum Gasteiger partial charge on any atom is 0.296 e. The first kappa shape index (κ1) is 15.0. The first-order chi connectivity index (χ1) is 8.82. The molecule has 0 aromatic heterocycles. The van der Waals surface area contributed by atoms with E-state index in [0.29, 0.717) is 6.07 Å². The van der Waals surface area contributed by atoms with Gasteiger partial charge in [0.1, 0.15) is 0 Å². The Balaban J connectivity index is 2.96. The van der Waals surface area contributed by atoms with E-state index in [1.165, 1.54) is 6.92 Å². The highest BCUT2D eigenvalue weighted by molar-refractivity contribution is 5.93. The van der Waals surface area contributed by atoms with Gasteiger partial charge in [0.15, 0.2) is 17.3 Å². The minimum absolute atomic E-state index is 0.108. The number of aliphatic hydroxyl groups excluding tert-OH is 1. The number of nitro benzene ring substituents is 1. The van der Waals surface area contributed by atoms with Crippen molar-refractivity contribution in [3.63, 3.8) is 0 Å². The molecule has 0 saturated carbocycles. The molecule has 1 amide bonds. The summed E-state index contributed by atoms with van der Waals surface area (Å²) < 4.78 is 26.4. The van der Waals surface area contributed by atoms with Gasteiger partial charge in [-0.2, -0.15) is 0 Å². The van der Waals surface area contributed by atoms with Crippen LogP contribution in [0.4, 0.5) is 20.2 Å². The van der Waals surface area contributed by atoms with Gasteiger partial charge in [-0.05, 0) is 19.4 Å². The Kier molecular flexibility index (Phi) is 4.87. The van der Waals surface area contributed by atoms with Gasteiger partial charge in [0.05, 0.1) is 11.0 Å². The van der Waals surface area contributed by atoms with E-state index in [9.17, 15) is 23.7 Å². The van der Waals surface area contributed by atoms with Gasteiger partial charge in [0.25, 0.3) is 5.69 Å². The summed E-state index contributed by atoms with van der Waals surface area (Å²) in [5.41, 5.74) is -1.54. The molecule has 0 aliphatic carbocycles. The molecule has 0 fully saturated rings. The molecule has 6 nitrogen and oxygen atoms in total. The molecule has 1 unspecified atom stereocenters. The Morgan fingerprint density at radius 1 is 1.53 bits per heavy atom. The zero-order valence-corrected chi connectivity index (χ0v) is 10.0. The summed E-state index contributed by atoms with van der Waals surface area (Å²) in [4.78, 5) is 21.2. The average molecular weight is 274 g/mol. The van der Waals surface area contributed by atoms with Crippen molar-refractivity contribution in [1.82, 2.24) is 0 Å². The van der Waals surface area contributed by atoms with Crippen LogP contribution in [0.15, 0.2) is 12.1 Å². The second kappa shape index (κ2) is 6.19. The molecule has 0 aliphatic heterocycles. The van der Waals surface area contributed by atoms with Crippen LogP contribution in [0, 0.1) is 21.7 Å². The smallest absolute Gasteiger partial charge is 0.296 e. The molecule has 1 rings (SSSR count). The third-order valence-electron chi connectivity index (χ3n) is 2.32. The summed E-state index contributed by atoms with van der Waals surface area (Å²) in [5.74, 6) is -3.52. The molecule has 1 aromatic carbocycles. The fraction of sp³-hybridized carbons (Fsp3) is 0.364. The van der Waals surface area contributed by atoms with E-state index in [1.54, 1.807) is 0 Å². The Bertz CT molecular complexity index is 506. The van der Waals surface area contributed by atoms with Crippen LogP contribution in [0.3, 0.4) is 0 Å². The van der Waals surface area contributed by atoms with Gasteiger partial charge in [-0.3, -0.25) is 14.9 Å². The van der Waals surface area contributed by atoms with Gasteiger partial charge >= 0.3 is 0 Å². The van der Waals surface area contributed by atoms with Crippen LogP contribution in [0.2, 0.25) is 0 Å². The zero-order chi connectivity index (χ0) is 14.6. The number of nitro groups is 1. The molecular formula is C11H12F2N2O4. The molecule has 0 aliphatic rings. The molecule has 2 N–H and O–H groups in total. The van der Waals surface area contributed by atoms with Gasteiger partial charge in [-0.25, -0.2) is 8.78 Å². The van der Waals surface area contributed by atoms with Gasteiger partial charge < -0.3 is 10.4 Å². The van der Waals surface area contributed by atoms with Crippen LogP contribution in [0.1, 0.15) is 19.8 Å². The van der Waals surface area contributed by atoms with E-state index < -0.39 is 39.9 Å². The lowest BCUT2D eigenvalue weighted by Crippen LogP contribution is -2.16. The molecule has 1 aromatic rings. The molecule has 19 heavy (non-hydrogen) atoms. The summed E-state index contributed by atoms with van der Waals surface area (Å²) in [5, 5.41) is 21.6. The Hall–Kier alpha value is -2.09. The SMILES string of the molecule is CC(O)CCC(=O)Nc1c([N+](=O)[O-])ccc(F)c1F. The van der Waals surface area contributed by atoms with Gasteiger partial charge in [0, 0.05) is 12.5 Å². The highest BCUT2D eigenvalue weighted by atomic mass is 19.2. The molecular weight excluding hydrogens is 262 g/mol. The maximum absolute atomic E-state index is 13.4. The molecule has 0 bridgehead atoms. The lowest BCUT2D eigenvalue weighted by Gasteiger charge is -2.08. The van der Waals surface area contributed by atoms with Crippen molar-refractivity contribution in [3.8, 4) is 0 Å². The number of nitrogens with one attached hydrogen (secondary N) is 1. The number of carbonyl (C=O) groups is 1. The zero-order valence-electron chi connectivity index (χ0n) is 10.0. The van der Waals surface area contributed by atoms with Crippen LogP contribution < -0.4 is 5.32 Å². The average Bonchev–Trinajstić information content (AvgIpc) is 2.32. The number of amides is 1. The first-order valence-corrected chi connectivity index (χ1v) is 5.43. The van der Waals surface area contributed by atoms with E-state index in [0.717, 1.165) is 6.07 Å². The predicted molar refractivity (Wildman–Crippen MR) is 62.6 cm³/mol. The number of hydrogen-bond donors (Lipinski definition) is 2. The molecule has 0 saturated heterocycles. The highest BCUT2D eigenvalue weighted by Crippen LogP contribution is 2.29. The van der Waals surface area contributed by atoms with Gasteiger partial charge in [0.2, 0.25) is 5.91 Å². The number of hydrogen-bond acceptors (Lipinski definition) is 4. The number of benzene rings is 1. The third kappa shape index (κ3) is 3.95. The Labute approximate surface area is 107 Å². The number of carbonyl (C=O) groups excluding carboxylic acids is 1. The van der Waals surface area contributed by atoms with Crippen LogP contribution in [-0.4, -0.2) is 22.0 Å². The predicted octanol–water partition coefficient (Wildman–Crippen LogP) is 1.97. The summed E-state index contributed by atoms with van der Waals surface area (Å²) >= 11 is 0. The number of nitrogens with zero attached hydrogens (tertiary/aromatic N) is 1. The topological polar surface area (TPSA) is 92.5 Å². The highest BCUT2D eigenvalue weighted by Gasteiger charge is 2.23. The summed E-state index contributed by atoms with van der Waals surface area (Å²) in [6, 6.07) is 1.38. The number of halogens is 2. The van der Waals surface area contributed by atoms with Crippen LogP contribution in [0.25, 0.3) is 0 Å². The monoisotopic (exact) mass is 274 g/mol. The molecule has 104 valence electrons. The van der Waals surface area contributed by atoms with Crippen molar-refractivity contribution >= 4 is 17.3 Å². The summed E-state index contributed by atoms with van der Waals surface area (Å²) in [6.45, 7) is 1.46. The maximum atomic E-state index is 13.4. The van der Waals surface area contributed by atoms with Crippen LogP contribution in [-0.2, 0) is 4.79 Å². The molecule has 1 atom stereocenters. The van der Waals surface area contributed by atoms with E-state index in [2.05, 4.69) is 0 Å². The Morgan fingerprint density at radius 2 is 2.16 bits per heavy atom. The van der Waals surface area contributed by atoms with Crippen molar-refractivity contribution in [3.05, 3.63) is 33.9 Å². The lowest BCUT2D eigenvalue weighted by atomic mass is 10.2. The summed E-state index contributed by atoms with van der Waals surface area (Å²) in [7, 11) is 0. The van der Waals surface area contributed by atoms with Crippen molar-refractivity contribution in [2.75, 3.05) is 5.32 Å². The number of anilines is 1. The first-order valence-electron chi connectivity index (χ1n) is 5.43. The molecule has 8 heteroatoms. The lowest BCUT2D eigenvalue weighted by molar-refractivity contribution is -0.384. The largest absolute Gasteiger partial charge is 0.393 e. The van der Waals surface area contributed by atoms with E-state index in [1.807, 2.05) is 5.32 Å². The van der Waals surface area contributed by atoms with Gasteiger partial charge in [-0.15, -0.1) is 0 Å². The fourth-order valence-corrected chi connectivity index (χ4v) is 1.35. The number of rotatable bonds is 5. The minimum atomic E-state index is -1.49. The normalized spacial score (nSPS) is 12.0. The second-order valence-corrected chi connectivity index (χ2v) is 3.95. The van der Waals surface area contributed by atoms with Crippen molar-refractivity contribution < 1.29 is 23.6 Å². The third-order valence-corrected chi connectivity index (χ3v) is 2.32. The Morgan fingerprint density at radius 3 is 2.68 bits per heavy atom. The fourth-order valence-electron chi connectivity index (χ4n) is 1.35. The number of aliphatic hydroxyl groups is 1. The molecule has 0 heterocycles. The van der Waals surface area contributed by atoms with Gasteiger partial charge in [-0.1, -0.05) is 0 Å². The second-order valence-electron chi connectivity index (χ2n) is 3.95. The summed E-state index contributed by atoms with van der Waals surface area (Å²) in [6.07, 6.45) is -0.792. The van der Waals surface area contributed by atoms with Crippen molar-refractivity contribution in [2.24, 2.45) is 0 Å². The van der Waals surface area contributed by atoms with Crippen LogP contribution >= 0.6 is 0 Å². The standard InChI is InChI=1S/C11H12F2N2O4/c1-6(16)2-5-9(17)14-11-8(15(18)19)4-3-7(12)10(11)13/h3-4,6,16H,2,5H2,1H3,(H,14,17).